The first kappa shape index (κ1) is 19.9. The van der Waals surface area contributed by atoms with Crippen molar-refractivity contribution < 1.29 is 27.8 Å². The van der Waals surface area contributed by atoms with Gasteiger partial charge in [0.2, 0.25) is 0 Å². The Morgan fingerprint density at radius 1 is 0.966 bits per heavy atom. The average Bonchev–Trinajstić information content (AvgIpc) is 2.69. The Morgan fingerprint density at radius 3 is 2.31 bits per heavy atom. The first-order valence-electron chi connectivity index (χ1n) is 8.39. The second-order valence-electron chi connectivity index (χ2n) is 5.94. The Morgan fingerprint density at radius 2 is 1.66 bits per heavy atom. The molecule has 148 valence electrons. The number of carbonyl (C=O) groups is 1. The van der Waals surface area contributed by atoms with E-state index in [1.54, 1.807) is 24.3 Å². The highest BCUT2D eigenvalue weighted by atomic mass is 19.4. The van der Waals surface area contributed by atoms with Crippen molar-refractivity contribution in [3.05, 3.63) is 89.5 Å². The molecular weight excluding hydrogens is 385 g/mol. The standard InChI is InChI=1S/C21H15F3N2O3/c22-21(23,24)16-2-1-3-19(12-16)29-18-10-4-14(5-11-18)13-25-26-20(28)15-6-8-17(27)9-7-15/h1-13,27H,(H,26,28)/b25-13+. The first-order valence-corrected chi connectivity index (χ1v) is 8.39. The van der Waals surface area contributed by atoms with E-state index in [2.05, 4.69) is 10.5 Å². The van der Waals surface area contributed by atoms with Crippen molar-refractivity contribution in [2.75, 3.05) is 0 Å². The monoisotopic (exact) mass is 400 g/mol. The predicted molar refractivity (Wildman–Crippen MR) is 101 cm³/mol. The van der Waals surface area contributed by atoms with Crippen LogP contribution in [-0.2, 0) is 6.18 Å². The molecule has 0 heterocycles. The lowest BCUT2D eigenvalue weighted by molar-refractivity contribution is -0.137. The van der Waals surface area contributed by atoms with Gasteiger partial charge in [0.25, 0.3) is 5.91 Å². The fourth-order valence-corrected chi connectivity index (χ4v) is 2.34. The molecule has 0 fully saturated rings. The average molecular weight is 400 g/mol. The van der Waals surface area contributed by atoms with E-state index >= 15 is 0 Å². The molecule has 0 aliphatic carbocycles. The number of aromatic hydroxyl groups is 1. The predicted octanol–water partition coefficient (Wildman–Crippen LogP) is 4.97. The lowest BCUT2D eigenvalue weighted by Crippen LogP contribution is -2.17. The lowest BCUT2D eigenvalue weighted by Gasteiger charge is -2.10. The van der Waals surface area contributed by atoms with Gasteiger partial charge in [-0.15, -0.1) is 0 Å². The van der Waals surface area contributed by atoms with E-state index in [0.717, 1.165) is 12.1 Å². The van der Waals surface area contributed by atoms with Crippen molar-refractivity contribution in [3.8, 4) is 17.2 Å². The van der Waals surface area contributed by atoms with Crippen molar-refractivity contribution >= 4 is 12.1 Å². The maximum atomic E-state index is 12.7. The summed E-state index contributed by atoms with van der Waals surface area (Å²) < 4.78 is 43.7. The van der Waals surface area contributed by atoms with Gasteiger partial charge in [-0.1, -0.05) is 6.07 Å². The molecular formula is C21H15F3N2O3. The number of hydrogen-bond donors (Lipinski definition) is 2. The molecule has 8 heteroatoms. The fourth-order valence-electron chi connectivity index (χ4n) is 2.34. The molecule has 0 spiro atoms. The van der Waals surface area contributed by atoms with Gasteiger partial charge in [0.05, 0.1) is 11.8 Å². The summed E-state index contributed by atoms with van der Waals surface area (Å²) >= 11 is 0. The third kappa shape index (κ3) is 5.58. The minimum atomic E-state index is -4.44. The van der Waals surface area contributed by atoms with Crippen LogP contribution in [0.5, 0.6) is 17.2 Å². The molecule has 0 aliphatic heterocycles. The third-order valence-corrected chi connectivity index (χ3v) is 3.79. The highest BCUT2D eigenvalue weighted by molar-refractivity contribution is 5.94. The summed E-state index contributed by atoms with van der Waals surface area (Å²) in [5.74, 6) is 0.0419. The van der Waals surface area contributed by atoms with Crippen molar-refractivity contribution in [1.82, 2.24) is 5.43 Å². The number of nitrogens with zero attached hydrogens (tertiary/aromatic N) is 1. The van der Waals surface area contributed by atoms with Crippen molar-refractivity contribution in [3.63, 3.8) is 0 Å². The number of halogens is 3. The van der Waals surface area contributed by atoms with E-state index in [4.69, 9.17) is 4.74 Å². The van der Waals surface area contributed by atoms with Crippen LogP contribution in [0.3, 0.4) is 0 Å². The summed E-state index contributed by atoms with van der Waals surface area (Å²) in [6.07, 6.45) is -3.03. The number of alkyl halides is 3. The molecule has 0 bridgehead atoms. The van der Waals surface area contributed by atoms with Crippen LogP contribution < -0.4 is 10.2 Å². The zero-order valence-electron chi connectivity index (χ0n) is 14.9. The van der Waals surface area contributed by atoms with Gasteiger partial charge in [-0.05, 0) is 72.3 Å². The van der Waals surface area contributed by atoms with Crippen molar-refractivity contribution in [1.29, 1.82) is 0 Å². The number of rotatable bonds is 5. The SMILES string of the molecule is O=C(N/N=C/c1ccc(Oc2cccc(C(F)(F)F)c2)cc1)c1ccc(O)cc1. The zero-order valence-corrected chi connectivity index (χ0v) is 14.9. The number of benzene rings is 3. The molecule has 3 aromatic carbocycles. The van der Waals surface area contributed by atoms with Crippen LogP contribution in [-0.4, -0.2) is 17.2 Å². The highest BCUT2D eigenvalue weighted by Gasteiger charge is 2.30. The molecule has 0 radical (unpaired) electrons. The largest absolute Gasteiger partial charge is 0.508 e. The summed E-state index contributed by atoms with van der Waals surface area (Å²) in [4.78, 5) is 11.9. The van der Waals surface area contributed by atoms with Crippen LogP contribution in [0.25, 0.3) is 0 Å². The van der Waals surface area contributed by atoms with Crippen molar-refractivity contribution in [2.24, 2.45) is 5.10 Å². The summed E-state index contributed by atoms with van der Waals surface area (Å²) in [5.41, 5.74) is 2.55. The maximum Gasteiger partial charge on any atom is 0.416 e. The molecule has 2 N–H and O–H groups in total. The fraction of sp³-hybridized carbons (Fsp3) is 0.0476. The molecule has 0 saturated carbocycles. The van der Waals surface area contributed by atoms with E-state index < -0.39 is 17.6 Å². The quantitative estimate of drug-likeness (QED) is 0.469. The van der Waals surface area contributed by atoms with Gasteiger partial charge >= 0.3 is 6.18 Å². The molecule has 29 heavy (non-hydrogen) atoms. The molecule has 3 rings (SSSR count). The van der Waals surface area contributed by atoms with Gasteiger partial charge in [0, 0.05) is 5.56 Å². The summed E-state index contributed by atoms with van der Waals surface area (Å²) in [6, 6.07) is 16.7. The molecule has 0 aliphatic rings. The minimum absolute atomic E-state index is 0.0532. The zero-order chi connectivity index (χ0) is 20.9. The topological polar surface area (TPSA) is 70.9 Å². The van der Waals surface area contributed by atoms with Gasteiger partial charge in [-0.2, -0.15) is 18.3 Å². The molecule has 0 aromatic heterocycles. The van der Waals surface area contributed by atoms with E-state index in [1.165, 1.54) is 42.6 Å². The van der Waals surface area contributed by atoms with Crippen molar-refractivity contribution in [2.45, 2.75) is 6.18 Å². The molecule has 1 amide bonds. The second-order valence-corrected chi connectivity index (χ2v) is 5.94. The van der Waals surface area contributed by atoms with Gasteiger partial charge in [0.15, 0.2) is 0 Å². The number of phenolic OH excluding ortho intramolecular Hbond substituents is 1. The summed E-state index contributed by atoms with van der Waals surface area (Å²) in [6.45, 7) is 0. The molecule has 5 nitrogen and oxygen atoms in total. The van der Waals surface area contributed by atoms with Gasteiger partial charge in [-0.25, -0.2) is 5.43 Å². The van der Waals surface area contributed by atoms with Crippen LogP contribution in [0, 0.1) is 0 Å². The number of ether oxygens (including phenoxy) is 1. The van der Waals surface area contributed by atoms with Crippen LogP contribution in [0.15, 0.2) is 77.9 Å². The van der Waals surface area contributed by atoms with Crippen LogP contribution in [0.2, 0.25) is 0 Å². The molecule has 0 saturated heterocycles. The van der Waals surface area contributed by atoms with Gasteiger partial charge in [0.1, 0.15) is 17.2 Å². The smallest absolute Gasteiger partial charge is 0.416 e. The molecule has 3 aromatic rings. The Bertz CT molecular complexity index is 1010. The number of amides is 1. The van der Waals surface area contributed by atoms with E-state index in [0.29, 0.717) is 16.9 Å². The molecule has 0 atom stereocenters. The summed E-state index contributed by atoms with van der Waals surface area (Å²) in [5, 5.41) is 13.0. The Kier molecular flexibility index (Phi) is 5.82. The maximum absolute atomic E-state index is 12.7. The molecule has 0 unspecified atom stereocenters. The Labute approximate surface area is 164 Å². The Balaban J connectivity index is 1.59. The number of hydrogen-bond acceptors (Lipinski definition) is 4. The number of nitrogens with one attached hydrogen (secondary N) is 1. The minimum Gasteiger partial charge on any atom is -0.508 e. The number of carbonyl (C=O) groups excluding carboxylic acids is 1. The second kappa shape index (κ2) is 8.47. The van der Waals surface area contributed by atoms with E-state index in [9.17, 15) is 23.1 Å². The van der Waals surface area contributed by atoms with Gasteiger partial charge < -0.3 is 9.84 Å². The van der Waals surface area contributed by atoms with E-state index in [-0.39, 0.29) is 11.5 Å². The Hall–Kier alpha value is -3.81. The van der Waals surface area contributed by atoms with Gasteiger partial charge in [-0.3, -0.25) is 4.79 Å². The lowest BCUT2D eigenvalue weighted by atomic mass is 10.2. The van der Waals surface area contributed by atoms with Crippen LogP contribution in [0.4, 0.5) is 13.2 Å². The normalized spacial score (nSPS) is 11.4. The third-order valence-electron chi connectivity index (χ3n) is 3.79. The van der Waals surface area contributed by atoms with Crippen LogP contribution in [0.1, 0.15) is 21.5 Å². The summed E-state index contributed by atoms with van der Waals surface area (Å²) in [7, 11) is 0. The number of phenols is 1. The van der Waals surface area contributed by atoms with Crippen LogP contribution >= 0.6 is 0 Å². The number of hydrazone groups is 1. The van der Waals surface area contributed by atoms with E-state index in [1.807, 2.05) is 0 Å². The first-order chi connectivity index (χ1) is 13.8. The highest BCUT2D eigenvalue weighted by Crippen LogP contribution is 2.32.